The Morgan fingerprint density at radius 3 is 2.28 bits per heavy atom. The number of aryl methyl sites for hydroxylation is 1. The van der Waals surface area contributed by atoms with E-state index in [1.54, 1.807) is 48.4 Å². The lowest BCUT2D eigenvalue weighted by molar-refractivity contribution is -0.117. The molecule has 1 aliphatic heterocycles. The molecule has 1 aliphatic rings. The number of hydrogen-bond donors (Lipinski definition) is 1. The van der Waals surface area contributed by atoms with Crippen LogP contribution in [0.4, 0.5) is 0 Å². The number of nitrogens with zero attached hydrogens (tertiary/aromatic N) is 3. The zero-order chi connectivity index (χ0) is 23.1. The number of benzene rings is 2. The smallest absolute Gasteiger partial charge is 0.263 e. The van der Waals surface area contributed by atoms with Crippen LogP contribution < -0.4 is 10.1 Å². The van der Waals surface area contributed by atoms with Crippen molar-refractivity contribution in [3.05, 3.63) is 71.4 Å². The first-order chi connectivity index (χ1) is 15.3. The predicted molar refractivity (Wildman–Crippen MR) is 120 cm³/mol. The number of sulfonamides is 1. The van der Waals surface area contributed by atoms with Crippen LogP contribution in [0.2, 0.25) is 0 Å². The van der Waals surface area contributed by atoms with Crippen LogP contribution in [0.15, 0.2) is 65.2 Å². The first-order valence-corrected chi connectivity index (χ1v) is 11.6. The number of ether oxygens (including phenoxy) is 1. The fourth-order valence-corrected chi connectivity index (χ4v) is 4.70. The molecular formula is C23H26N4O4S. The van der Waals surface area contributed by atoms with Crippen molar-refractivity contribution in [2.24, 2.45) is 0 Å². The maximum atomic E-state index is 12.8. The molecule has 0 bridgehead atoms. The minimum Gasteiger partial charge on any atom is -0.497 e. The lowest BCUT2D eigenvalue weighted by Crippen LogP contribution is -2.47. The highest BCUT2D eigenvalue weighted by molar-refractivity contribution is 7.89. The molecule has 0 aromatic heterocycles. The van der Waals surface area contributed by atoms with Crippen LogP contribution in [-0.4, -0.2) is 56.8 Å². The van der Waals surface area contributed by atoms with Gasteiger partial charge in [-0.2, -0.15) is 9.57 Å². The van der Waals surface area contributed by atoms with Gasteiger partial charge in [0.05, 0.1) is 12.0 Å². The van der Waals surface area contributed by atoms with Gasteiger partial charge in [0.1, 0.15) is 17.4 Å². The molecule has 1 N–H and O–H groups in total. The monoisotopic (exact) mass is 454 g/mol. The van der Waals surface area contributed by atoms with Gasteiger partial charge in [-0.3, -0.25) is 4.79 Å². The van der Waals surface area contributed by atoms with Crippen molar-refractivity contribution in [1.29, 1.82) is 5.26 Å². The van der Waals surface area contributed by atoms with Crippen molar-refractivity contribution in [2.75, 3.05) is 33.3 Å². The van der Waals surface area contributed by atoms with Gasteiger partial charge >= 0.3 is 0 Å². The summed E-state index contributed by atoms with van der Waals surface area (Å²) in [5.74, 6) is 0.249. The number of hydrogen-bond acceptors (Lipinski definition) is 6. The van der Waals surface area contributed by atoms with Gasteiger partial charge in [-0.25, -0.2) is 8.42 Å². The fraction of sp³-hybridized carbons (Fsp3) is 0.304. The molecule has 0 unspecified atom stereocenters. The van der Waals surface area contributed by atoms with E-state index in [4.69, 9.17) is 4.74 Å². The maximum absolute atomic E-state index is 12.8. The zero-order valence-corrected chi connectivity index (χ0v) is 18.9. The molecule has 2 aromatic carbocycles. The molecule has 3 rings (SSSR count). The number of carbonyl (C=O) groups excluding carboxylic acids is 1. The Kier molecular flexibility index (Phi) is 7.51. The van der Waals surface area contributed by atoms with Gasteiger partial charge in [-0.1, -0.05) is 29.8 Å². The summed E-state index contributed by atoms with van der Waals surface area (Å²) in [5.41, 5.74) is 1.85. The number of methoxy groups -OCH3 is 1. The third-order valence-corrected chi connectivity index (χ3v) is 7.13. The highest BCUT2D eigenvalue weighted by Gasteiger charge is 2.28. The number of nitriles is 1. The van der Waals surface area contributed by atoms with Crippen LogP contribution in [0.5, 0.6) is 5.75 Å². The van der Waals surface area contributed by atoms with Crippen LogP contribution >= 0.6 is 0 Å². The second-order valence-corrected chi connectivity index (χ2v) is 9.38. The fourth-order valence-electron chi connectivity index (χ4n) is 3.27. The van der Waals surface area contributed by atoms with Gasteiger partial charge < -0.3 is 15.0 Å². The summed E-state index contributed by atoms with van der Waals surface area (Å²) < 4.78 is 32.2. The van der Waals surface area contributed by atoms with Crippen molar-refractivity contribution < 1.29 is 17.9 Å². The summed E-state index contributed by atoms with van der Waals surface area (Å²) in [5, 5.41) is 12.1. The maximum Gasteiger partial charge on any atom is 0.263 e. The molecule has 1 amide bonds. The normalized spacial score (nSPS) is 15.2. The Labute approximate surface area is 188 Å². The van der Waals surface area contributed by atoms with E-state index in [0.29, 0.717) is 13.1 Å². The van der Waals surface area contributed by atoms with Crippen molar-refractivity contribution in [1.82, 2.24) is 14.5 Å². The number of piperazine rings is 1. The second kappa shape index (κ2) is 10.3. The molecule has 32 heavy (non-hydrogen) atoms. The van der Waals surface area contributed by atoms with E-state index in [1.807, 2.05) is 25.1 Å². The van der Waals surface area contributed by atoms with Crippen molar-refractivity contribution in [3.8, 4) is 11.8 Å². The van der Waals surface area contributed by atoms with Crippen LogP contribution in [0.25, 0.3) is 0 Å². The van der Waals surface area contributed by atoms with E-state index in [0.717, 1.165) is 16.9 Å². The van der Waals surface area contributed by atoms with E-state index in [2.05, 4.69) is 5.32 Å². The van der Waals surface area contributed by atoms with E-state index < -0.39 is 15.9 Å². The lowest BCUT2D eigenvalue weighted by atomic mass is 10.2. The highest BCUT2D eigenvalue weighted by Crippen LogP contribution is 2.18. The minimum atomic E-state index is -3.56. The van der Waals surface area contributed by atoms with Gasteiger partial charge in [-0.15, -0.1) is 0 Å². The predicted octanol–water partition coefficient (Wildman–Crippen LogP) is 2.03. The molecule has 2 aromatic rings. The molecule has 9 heteroatoms. The number of rotatable bonds is 7. The summed E-state index contributed by atoms with van der Waals surface area (Å²) in [4.78, 5) is 14.5. The molecular weight excluding hydrogens is 428 g/mol. The van der Waals surface area contributed by atoms with Gasteiger partial charge in [0.15, 0.2) is 0 Å². The highest BCUT2D eigenvalue weighted by atomic mass is 32.2. The Balaban J connectivity index is 1.57. The average Bonchev–Trinajstić information content (AvgIpc) is 2.82. The van der Waals surface area contributed by atoms with Gasteiger partial charge in [-0.05, 0) is 36.8 Å². The van der Waals surface area contributed by atoms with Crippen molar-refractivity contribution >= 4 is 15.9 Å². The molecule has 0 spiro atoms. The second-order valence-electron chi connectivity index (χ2n) is 7.44. The van der Waals surface area contributed by atoms with Gasteiger partial charge in [0.2, 0.25) is 10.0 Å². The van der Waals surface area contributed by atoms with Crippen molar-refractivity contribution in [2.45, 2.75) is 18.4 Å². The topological polar surface area (TPSA) is 103 Å². The first kappa shape index (κ1) is 23.3. The Morgan fingerprint density at radius 2 is 1.72 bits per heavy atom. The van der Waals surface area contributed by atoms with Crippen LogP contribution in [0.1, 0.15) is 11.1 Å². The van der Waals surface area contributed by atoms with E-state index in [9.17, 15) is 18.5 Å². The summed E-state index contributed by atoms with van der Waals surface area (Å²) in [6.45, 7) is 3.52. The summed E-state index contributed by atoms with van der Waals surface area (Å²) >= 11 is 0. The molecule has 1 heterocycles. The van der Waals surface area contributed by atoms with Crippen LogP contribution in [0, 0.1) is 18.3 Å². The SMILES string of the molecule is COc1ccc(CNC(=O)/C(C#N)=C\N2CCN(S(=O)(=O)c3ccc(C)cc3)CC2)cc1. The number of carbonyl (C=O) groups is 1. The lowest BCUT2D eigenvalue weighted by Gasteiger charge is -2.33. The summed E-state index contributed by atoms with van der Waals surface area (Å²) in [7, 11) is -1.98. The molecule has 0 aliphatic carbocycles. The minimum absolute atomic E-state index is 0.0200. The Hall–Kier alpha value is -3.35. The van der Waals surface area contributed by atoms with Crippen LogP contribution in [0.3, 0.4) is 0 Å². The van der Waals surface area contributed by atoms with E-state index >= 15 is 0 Å². The standard InChI is InChI=1S/C23H26N4O4S/c1-18-3-9-22(10-4-18)32(29,30)27-13-11-26(12-14-27)17-20(15-24)23(28)25-16-19-5-7-21(31-2)8-6-19/h3-10,17H,11-14,16H2,1-2H3,(H,25,28)/b20-17-. The zero-order valence-electron chi connectivity index (χ0n) is 18.1. The van der Waals surface area contributed by atoms with Gasteiger partial charge in [0.25, 0.3) is 5.91 Å². The van der Waals surface area contributed by atoms with Crippen LogP contribution in [-0.2, 0) is 21.4 Å². The van der Waals surface area contributed by atoms with Crippen molar-refractivity contribution in [3.63, 3.8) is 0 Å². The molecule has 168 valence electrons. The molecule has 0 atom stereocenters. The van der Waals surface area contributed by atoms with E-state index in [1.165, 1.54) is 10.5 Å². The van der Waals surface area contributed by atoms with E-state index in [-0.39, 0.29) is 30.1 Å². The number of amides is 1. The quantitative estimate of drug-likeness (QED) is 0.507. The Bertz CT molecular complexity index is 1110. The third-order valence-electron chi connectivity index (χ3n) is 5.22. The summed E-state index contributed by atoms with van der Waals surface area (Å²) in [6, 6.07) is 16.0. The first-order valence-electron chi connectivity index (χ1n) is 10.2. The molecule has 0 radical (unpaired) electrons. The van der Waals surface area contributed by atoms with Gasteiger partial charge in [0, 0.05) is 38.9 Å². The molecule has 1 fully saturated rings. The largest absolute Gasteiger partial charge is 0.497 e. The summed E-state index contributed by atoms with van der Waals surface area (Å²) in [6.07, 6.45) is 1.50. The molecule has 0 saturated carbocycles. The molecule has 8 nitrogen and oxygen atoms in total. The Morgan fingerprint density at radius 1 is 1.09 bits per heavy atom. The number of nitrogens with one attached hydrogen (secondary N) is 1. The third kappa shape index (κ3) is 5.66. The molecule has 1 saturated heterocycles. The average molecular weight is 455 g/mol.